The predicted molar refractivity (Wildman–Crippen MR) is 67.5 cm³/mol. The maximum Gasteiger partial charge on any atom is 0.356 e. The Labute approximate surface area is 99.5 Å². The van der Waals surface area contributed by atoms with Gasteiger partial charge in [0.05, 0.1) is 0 Å². The van der Waals surface area contributed by atoms with Crippen LogP contribution in [0.15, 0.2) is 17.1 Å². The van der Waals surface area contributed by atoms with Gasteiger partial charge in [-0.25, -0.2) is 4.79 Å². The molecule has 0 aromatic carbocycles. The number of aromatic nitrogens is 3. The van der Waals surface area contributed by atoms with Crippen LogP contribution >= 0.6 is 0 Å². The van der Waals surface area contributed by atoms with Gasteiger partial charge in [-0.1, -0.05) is 13.0 Å². The van der Waals surface area contributed by atoms with Gasteiger partial charge in [0.1, 0.15) is 5.65 Å². The fraction of sp³-hybridized carbons (Fsp3) is 0.417. The lowest BCUT2D eigenvalue weighted by Crippen LogP contribution is -2.21. The standard InChI is InChI=1S/C12H16N4O/c1-4-5-13-11-14-10-9(3)6-8(2)7-16(10)12(17)15-11/h6-7H,4-5H2,1-3H3,(H,13,15,17). The summed E-state index contributed by atoms with van der Waals surface area (Å²) in [6.45, 7) is 6.70. The molecule has 0 radical (unpaired) electrons. The van der Waals surface area contributed by atoms with Gasteiger partial charge in [0.25, 0.3) is 0 Å². The molecule has 90 valence electrons. The summed E-state index contributed by atoms with van der Waals surface area (Å²) in [5, 5.41) is 3.03. The topological polar surface area (TPSA) is 59.3 Å². The second-order valence-corrected chi connectivity index (χ2v) is 4.15. The molecule has 2 aromatic rings. The highest BCUT2D eigenvalue weighted by Crippen LogP contribution is 2.09. The number of pyridine rings is 1. The first-order chi connectivity index (χ1) is 8.11. The molecule has 0 saturated carbocycles. The second kappa shape index (κ2) is 4.53. The Morgan fingerprint density at radius 2 is 2.12 bits per heavy atom. The lowest BCUT2D eigenvalue weighted by atomic mass is 10.2. The molecule has 5 heteroatoms. The summed E-state index contributed by atoms with van der Waals surface area (Å²) in [5.41, 5.74) is 2.37. The zero-order valence-corrected chi connectivity index (χ0v) is 10.3. The lowest BCUT2D eigenvalue weighted by molar-refractivity contribution is 0.898. The molecule has 17 heavy (non-hydrogen) atoms. The fourth-order valence-electron chi connectivity index (χ4n) is 1.77. The zero-order valence-electron chi connectivity index (χ0n) is 10.3. The number of anilines is 1. The molecular formula is C12H16N4O. The van der Waals surface area contributed by atoms with Crippen molar-refractivity contribution in [3.05, 3.63) is 33.9 Å². The Bertz CT molecular complexity index is 603. The van der Waals surface area contributed by atoms with Gasteiger partial charge in [-0.2, -0.15) is 9.97 Å². The first kappa shape index (κ1) is 11.6. The Hall–Kier alpha value is -1.91. The number of nitrogens with one attached hydrogen (secondary N) is 1. The van der Waals surface area contributed by atoms with E-state index in [1.165, 1.54) is 4.40 Å². The van der Waals surface area contributed by atoms with Crippen LogP contribution in [0.1, 0.15) is 24.5 Å². The van der Waals surface area contributed by atoms with E-state index in [1.54, 1.807) is 6.20 Å². The highest BCUT2D eigenvalue weighted by molar-refractivity contribution is 5.50. The monoisotopic (exact) mass is 232 g/mol. The van der Waals surface area contributed by atoms with E-state index in [2.05, 4.69) is 22.2 Å². The van der Waals surface area contributed by atoms with Gasteiger partial charge >= 0.3 is 5.69 Å². The highest BCUT2D eigenvalue weighted by atomic mass is 16.1. The minimum Gasteiger partial charge on any atom is -0.354 e. The predicted octanol–water partition coefficient (Wildman–Crippen LogP) is 1.53. The summed E-state index contributed by atoms with van der Waals surface area (Å²) in [4.78, 5) is 20.1. The average Bonchev–Trinajstić information content (AvgIpc) is 2.28. The summed E-state index contributed by atoms with van der Waals surface area (Å²) in [7, 11) is 0. The number of fused-ring (bicyclic) bond motifs is 1. The van der Waals surface area contributed by atoms with E-state index in [1.807, 2.05) is 19.9 Å². The van der Waals surface area contributed by atoms with E-state index in [9.17, 15) is 4.79 Å². The van der Waals surface area contributed by atoms with Gasteiger partial charge < -0.3 is 5.32 Å². The molecule has 2 heterocycles. The van der Waals surface area contributed by atoms with Crippen molar-refractivity contribution in [1.29, 1.82) is 0 Å². The van der Waals surface area contributed by atoms with Gasteiger partial charge in [-0.3, -0.25) is 4.40 Å². The molecule has 1 N–H and O–H groups in total. The number of hydrogen-bond donors (Lipinski definition) is 1. The van der Waals surface area contributed by atoms with Crippen LogP contribution < -0.4 is 11.0 Å². The van der Waals surface area contributed by atoms with E-state index in [-0.39, 0.29) is 5.69 Å². The Morgan fingerprint density at radius 3 is 2.82 bits per heavy atom. The van der Waals surface area contributed by atoms with Gasteiger partial charge in [0, 0.05) is 12.7 Å². The summed E-state index contributed by atoms with van der Waals surface area (Å²) in [6, 6.07) is 2.01. The van der Waals surface area contributed by atoms with E-state index in [0.717, 1.165) is 24.1 Å². The normalized spacial score (nSPS) is 10.8. The van der Waals surface area contributed by atoms with Crippen molar-refractivity contribution in [1.82, 2.24) is 14.4 Å². The Morgan fingerprint density at radius 1 is 1.35 bits per heavy atom. The molecule has 0 unspecified atom stereocenters. The molecule has 0 spiro atoms. The van der Waals surface area contributed by atoms with Crippen molar-refractivity contribution in [2.45, 2.75) is 27.2 Å². The van der Waals surface area contributed by atoms with E-state index in [0.29, 0.717) is 11.6 Å². The van der Waals surface area contributed by atoms with Crippen molar-refractivity contribution in [3.63, 3.8) is 0 Å². The molecule has 5 nitrogen and oxygen atoms in total. The van der Waals surface area contributed by atoms with Crippen molar-refractivity contribution >= 4 is 11.6 Å². The largest absolute Gasteiger partial charge is 0.356 e. The smallest absolute Gasteiger partial charge is 0.354 e. The van der Waals surface area contributed by atoms with Crippen LogP contribution in [0.4, 0.5) is 5.95 Å². The summed E-state index contributed by atoms with van der Waals surface area (Å²) < 4.78 is 1.49. The SMILES string of the molecule is CCCNc1nc(=O)n2cc(C)cc(C)c2n1. The molecule has 0 amide bonds. The van der Waals surface area contributed by atoms with Crippen LogP contribution in [0.2, 0.25) is 0 Å². The Balaban J connectivity index is 2.61. The Kier molecular flexibility index (Phi) is 3.08. The number of nitrogens with zero attached hydrogens (tertiary/aromatic N) is 3. The maximum atomic E-state index is 11.8. The zero-order chi connectivity index (χ0) is 12.4. The van der Waals surface area contributed by atoms with E-state index in [4.69, 9.17) is 0 Å². The molecule has 0 atom stereocenters. The molecule has 0 aliphatic rings. The molecular weight excluding hydrogens is 216 g/mol. The second-order valence-electron chi connectivity index (χ2n) is 4.15. The molecule has 0 aliphatic heterocycles. The van der Waals surface area contributed by atoms with Crippen molar-refractivity contribution < 1.29 is 0 Å². The third-order valence-electron chi connectivity index (χ3n) is 2.51. The first-order valence-corrected chi connectivity index (χ1v) is 5.73. The molecule has 0 saturated heterocycles. The fourth-order valence-corrected chi connectivity index (χ4v) is 1.77. The van der Waals surface area contributed by atoms with Gasteiger partial charge in [-0.05, 0) is 31.4 Å². The lowest BCUT2D eigenvalue weighted by Gasteiger charge is -2.07. The maximum absolute atomic E-state index is 11.8. The highest BCUT2D eigenvalue weighted by Gasteiger charge is 2.06. The summed E-state index contributed by atoms with van der Waals surface area (Å²) in [6.07, 6.45) is 2.73. The summed E-state index contributed by atoms with van der Waals surface area (Å²) >= 11 is 0. The van der Waals surface area contributed by atoms with Crippen LogP contribution in [-0.4, -0.2) is 20.9 Å². The summed E-state index contributed by atoms with van der Waals surface area (Å²) in [5.74, 6) is 0.406. The van der Waals surface area contributed by atoms with Crippen LogP contribution in [0.3, 0.4) is 0 Å². The number of hydrogen-bond acceptors (Lipinski definition) is 4. The average molecular weight is 232 g/mol. The van der Waals surface area contributed by atoms with Gasteiger partial charge in [0.2, 0.25) is 5.95 Å². The first-order valence-electron chi connectivity index (χ1n) is 5.73. The third kappa shape index (κ3) is 2.27. The van der Waals surface area contributed by atoms with Crippen molar-refractivity contribution in [2.75, 3.05) is 11.9 Å². The van der Waals surface area contributed by atoms with Crippen LogP contribution in [0.5, 0.6) is 0 Å². The molecule has 0 fully saturated rings. The van der Waals surface area contributed by atoms with Crippen LogP contribution in [0, 0.1) is 13.8 Å². The van der Waals surface area contributed by atoms with Crippen molar-refractivity contribution in [2.24, 2.45) is 0 Å². The molecule has 0 bridgehead atoms. The van der Waals surface area contributed by atoms with Gasteiger partial charge in [-0.15, -0.1) is 0 Å². The van der Waals surface area contributed by atoms with Crippen molar-refractivity contribution in [3.8, 4) is 0 Å². The van der Waals surface area contributed by atoms with E-state index < -0.39 is 0 Å². The van der Waals surface area contributed by atoms with Crippen LogP contribution in [-0.2, 0) is 0 Å². The molecule has 2 aromatic heterocycles. The minimum absolute atomic E-state index is 0.291. The quantitative estimate of drug-likeness (QED) is 0.871. The van der Waals surface area contributed by atoms with Gasteiger partial charge in [0.15, 0.2) is 0 Å². The number of aryl methyl sites for hydroxylation is 2. The molecule has 0 aliphatic carbocycles. The van der Waals surface area contributed by atoms with E-state index >= 15 is 0 Å². The minimum atomic E-state index is -0.291. The molecule has 2 rings (SSSR count). The third-order valence-corrected chi connectivity index (χ3v) is 2.51. The number of rotatable bonds is 3. The van der Waals surface area contributed by atoms with Crippen LogP contribution in [0.25, 0.3) is 5.65 Å².